The highest BCUT2D eigenvalue weighted by molar-refractivity contribution is 7.99. The molecule has 0 aromatic carbocycles. The molecular formula is C32H66N2O4S+2. The standard InChI is InChI=1S/C32H66N2O4S/c1-7-9-11-13-15-17-19-21-23-31(35)37-29-33(3,4)25-27-39-28-26-34(5,6)30-38-32(36)24-22-20-18-16-14-12-10-8-2/h7-30H2,1-6H3/q+2. The quantitative estimate of drug-likeness (QED) is 0.0411. The first-order valence-electron chi connectivity index (χ1n) is 16.1. The van der Waals surface area contributed by atoms with Crippen molar-refractivity contribution in [2.45, 2.75) is 129 Å². The Hall–Kier alpha value is -0.790. The van der Waals surface area contributed by atoms with Crippen LogP contribution in [0.25, 0.3) is 0 Å². The summed E-state index contributed by atoms with van der Waals surface area (Å²) in [5.74, 6) is 1.91. The fourth-order valence-corrected chi connectivity index (χ4v) is 5.75. The first-order valence-corrected chi connectivity index (χ1v) is 17.3. The fraction of sp³-hybridized carbons (Fsp3) is 0.938. The third-order valence-corrected chi connectivity index (χ3v) is 8.24. The highest BCUT2D eigenvalue weighted by Gasteiger charge is 2.20. The van der Waals surface area contributed by atoms with E-state index in [0.29, 0.717) is 35.3 Å². The lowest BCUT2D eigenvalue weighted by atomic mass is 10.1. The van der Waals surface area contributed by atoms with E-state index in [4.69, 9.17) is 9.47 Å². The molecule has 0 aromatic heterocycles. The second-order valence-electron chi connectivity index (χ2n) is 12.7. The Morgan fingerprint density at radius 2 is 0.821 bits per heavy atom. The molecule has 6 nitrogen and oxygen atoms in total. The van der Waals surface area contributed by atoms with Gasteiger partial charge in [-0.1, -0.05) is 104 Å². The van der Waals surface area contributed by atoms with Crippen molar-refractivity contribution in [1.82, 2.24) is 0 Å². The molecule has 7 heteroatoms. The largest absolute Gasteiger partial charge is 0.415 e. The lowest BCUT2D eigenvalue weighted by molar-refractivity contribution is -0.905. The van der Waals surface area contributed by atoms with Crippen LogP contribution in [0.15, 0.2) is 0 Å². The zero-order chi connectivity index (χ0) is 29.2. The van der Waals surface area contributed by atoms with E-state index in [-0.39, 0.29) is 11.9 Å². The van der Waals surface area contributed by atoms with Gasteiger partial charge in [-0.2, -0.15) is 11.8 Å². The van der Waals surface area contributed by atoms with E-state index in [1.165, 1.54) is 77.0 Å². The SMILES string of the molecule is CCCCCCCCCCC(=O)OC[N+](C)(C)CCSCC[N+](C)(C)COC(=O)CCCCCCCCCC. The Kier molecular flexibility index (Phi) is 24.5. The molecule has 0 aliphatic rings. The van der Waals surface area contributed by atoms with Crippen molar-refractivity contribution in [3.8, 4) is 0 Å². The molecular weight excluding hydrogens is 508 g/mol. The van der Waals surface area contributed by atoms with Gasteiger partial charge in [-0.3, -0.25) is 18.6 Å². The summed E-state index contributed by atoms with van der Waals surface area (Å²) in [4.78, 5) is 24.2. The molecule has 0 heterocycles. The molecule has 0 fully saturated rings. The van der Waals surface area contributed by atoms with Gasteiger partial charge >= 0.3 is 11.9 Å². The maximum absolute atomic E-state index is 12.1. The zero-order valence-electron chi connectivity index (χ0n) is 26.9. The van der Waals surface area contributed by atoms with Crippen LogP contribution in [0, 0.1) is 0 Å². The van der Waals surface area contributed by atoms with Crippen LogP contribution in [-0.2, 0) is 19.1 Å². The van der Waals surface area contributed by atoms with Gasteiger partial charge in [0.1, 0.15) is 0 Å². The molecule has 0 spiro atoms. The lowest BCUT2D eigenvalue weighted by Crippen LogP contribution is -2.45. The van der Waals surface area contributed by atoms with Gasteiger partial charge in [-0.25, -0.2) is 0 Å². The molecule has 0 saturated carbocycles. The monoisotopic (exact) mass is 574 g/mol. The number of rotatable bonds is 28. The Morgan fingerprint density at radius 3 is 1.15 bits per heavy atom. The van der Waals surface area contributed by atoms with Gasteiger partial charge in [-0.15, -0.1) is 0 Å². The number of ether oxygens (including phenoxy) is 2. The van der Waals surface area contributed by atoms with E-state index in [9.17, 15) is 9.59 Å². The van der Waals surface area contributed by atoms with E-state index >= 15 is 0 Å². The van der Waals surface area contributed by atoms with Crippen LogP contribution in [0.5, 0.6) is 0 Å². The smallest absolute Gasteiger partial charge is 0.310 e. The van der Waals surface area contributed by atoms with E-state index in [2.05, 4.69) is 42.0 Å². The van der Waals surface area contributed by atoms with Crippen LogP contribution in [0.3, 0.4) is 0 Å². The first kappa shape index (κ1) is 38.2. The molecule has 232 valence electrons. The van der Waals surface area contributed by atoms with E-state index in [1.54, 1.807) is 0 Å². The van der Waals surface area contributed by atoms with Crippen LogP contribution >= 0.6 is 11.8 Å². The Morgan fingerprint density at radius 1 is 0.513 bits per heavy atom. The summed E-state index contributed by atoms with van der Waals surface area (Å²) in [6, 6.07) is 0. The van der Waals surface area contributed by atoms with Crippen molar-refractivity contribution >= 4 is 23.7 Å². The van der Waals surface area contributed by atoms with Gasteiger partial charge < -0.3 is 9.47 Å². The van der Waals surface area contributed by atoms with Crippen molar-refractivity contribution < 1.29 is 28.0 Å². The molecule has 0 amide bonds. The van der Waals surface area contributed by atoms with Gasteiger partial charge in [0, 0.05) is 24.3 Å². The average molecular weight is 575 g/mol. The molecule has 0 N–H and O–H groups in total. The Labute approximate surface area is 247 Å². The highest BCUT2D eigenvalue weighted by Crippen LogP contribution is 2.13. The molecule has 0 unspecified atom stereocenters. The number of carbonyl (C=O) groups excluding carboxylic acids is 2. The molecule has 0 radical (unpaired) electrons. The van der Waals surface area contributed by atoms with Gasteiger partial charge in [0.15, 0.2) is 0 Å². The number of esters is 2. The molecule has 0 aromatic rings. The van der Waals surface area contributed by atoms with Gasteiger partial charge in [0.05, 0.1) is 41.3 Å². The summed E-state index contributed by atoms with van der Waals surface area (Å²) < 4.78 is 12.5. The predicted molar refractivity (Wildman–Crippen MR) is 168 cm³/mol. The van der Waals surface area contributed by atoms with Crippen LogP contribution < -0.4 is 0 Å². The van der Waals surface area contributed by atoms with Crippen molar-refractivity contribution in [2.24, 2.45) is 0 Å². The minimum atomic E-state index is -0.0594. The normalized spacial score (nSPS) is 12.1. The van der Waals surface area contributed by atoms with Crippen LogP contribution in [0.2, 0.25) is 0 Å². The lowest BCUT2D eigenvalue weighted by Gasteiger charge is -2.30. The molecule has 0 bridgehead atoms. The number of thioether (sulfide) groups is 1. The van der Waals surface area contributed by atoms with Crippen molar-refractivity contribution in [3.05, 3.63) is 0 Å². The number of nitrogens with zero attached hydrogens (tertiary/aromatic N) is 2. The number of hydrogen-bond donors (Lipinski definition) is 0. The average Bonchev–Trinajstić information content (AvgIpc) is 2.89. The molecule has 0 saturated heterocycles. The summed E-state index contributed by atoms with van der Waals surface area (Å²) in [5, 5.41) is 0. The first-order chi connectivity index (χ1) is 18.6. The van der Waals surface area contributed by atoms with Crippen molar-refractivity contribution in [2.75, 3.05) is 66.2 Å². The molecule has 0 atom stereocenters. The summed E-state index contributed by atoms with van der Waals surface area (Å²) >= 11 is 1.92. The topological polar surface area (TPSA) is 52.6 Å². The minimum absolute atomic E-state index is 0.0594. The maximum atomic E-state index is 12.1. The fourth-order valence-electron chi connectivity index (χ4n) is 4.30. The van der Waals surface area contributed by atoms with Crippen molar-refractivity contribution in [1.29, 1.82) is 0 Å². The molecule has 0 aliphatic heterocycles. The molecule has 0 rings (SSSR count). The minimum Gasteiger partial charge on any atom is -0.415 e. The molecule has 0 aliphatic carbocycles. The maximum Gasteiger partial charge on any atom is 0.310 e. The number of carbonyl (C=O) groups is 2. The number of quaternary nitrogens is 2. The second-order valence-corrected chi connectivity index (χ2v) is 13.9. The summed E-state index contributed by atoms with van der Waals surface area (Å²) in [7, 11) is 8.48. The third kappa shape index (κ3) is 27.2. The molecule has 39 heavy (non-hydrogen) atoms. The van der Waals surface area contributed by atoms with Gasteiger partial charge in [-0.05, 0) is 12.8 Å². The second kappa shape index (κ2) is 25.0. The van der Waals surface area contributed by atoms with Gasteiger partial charge in [0.2, 0.25) is 13.5 Å². The van der Waals surface area contributed by atoms with Crippen molar-refractivity contribution in [3.63, 3.8) is 0 Å². The Bertz CT molecular complexity index is 549. The summed E-state index contributed by atoms with van der Waals surface area (Å²) in [5.41, 5.74) is 0. The summed E-state index contributed by atoms with van der Waals surface area (Å²) in [6.45, 7) is 7.27. The van der Waals surface area contributed by atoms with Crippen LogP contribution in [0.4, 0.5) is 0 Å². The predicted octanol–water partition coefficient (Wildman–Crippen LogP) is 7.94. The Balaban J connectivity index is 3.78. The van der Waals surface area contributed by atoms with E-state index in [0.717, 1.165) is 50.3 Å². The van der Waals surface area contributed by atoms with Crippen LogP contribution in [0.1, 0.15) is 129 Å². The highest BCUT2D eigenvalue weighted by atomic mass is 32.2. The number of unbranched alkanes of at least 4 members (excludes halogenated alkanes) is 14. The van der Waals surface area contributed by atoms with Gasteiger partial charge in [0.25, 0.3) is 0 Å². The zero-order valence-corrected chi connectivity index (χ0v) is 27.7. The summed E-state index contributed by atoms with van der Waals surface area (Å²) in [6.07, 6.45) is 20.9. The number of hydrogen-bond acceptors (Lipinski definition) is 5. The third-order valence-electron chi connectivity index (χ3n) is 7.30. The van der Waals surface area contributed by atoms with E-state index < -0.39 is 0 Å². The van der Waals surface area contributed by atoms with E-state index in [1.807, 2.05) is 11.8 Å². The van der Waals surface area contributed by atoms with Crippen LogP contribution in [-0.4, -0.2) is 87.2 Å².